The molecule has 0 rings (SSSR count). The van der Waals surface area contributed by atoms with E-state index in [0.29, 0.717) is 12.8 Å². The zero-order valence-corrected chi connectivity index (χ0v) is 15.9. The Morgan fingerprint density at radius 2 is 1.39 bits per heavy atom. The molecule has 4 N–H and O–H groups in total. The molecule has 0 aliphatic carbocycles. The number of carbonyl (C=O) groups excluding carboxylic acids is 1. The van der Waals surface area contributed by atoms with Gasteiger partial charge in [-0.2, -0.15) is 0 Å². The number of unbranched alkanes of at least 4 members (excludes halogenated alkanes) is 8. The van der Waals surface area contributed by atoms with Crippen LogP contribution in [0.4, 0.5) is 0 Å². The van der Waals surface area contributed by atoms with Gasteiger partial charge in [-0.15, -0.1) is 0 Å². The van der Waals surface area contributed by atoms with E-state index in [2.05, 4.69) is 12.2 Å². The van der Waals surface area contributed by atoms with Gasteiger partial charge in [-0.3, -0.25) is 4.79 Å². The van der Waals surface area contributed by atoms with Gasteiger partial charge in [-0.1, -0.05) is 71.6 Å². The summed E-state index contributed by atoms with van der Waals surface area (Å²) >= 11 is 0. The molecule has 0 saturated heterocycles. The van der Waals surface area contributed by atoms with Gasteiger partial charge >= 0.3 is 0 Å². The van der Waals surface area contributed by atoms with Crippen LogP contribution in [0, 0.1) is 0 Å². The second kappa shape index (κ2) is 11.9. The first-order valence-electron chi connectivity index (χ1n) is 9.59. The molecule has 0 aliphatic rings. The molecule has 0 aromatic rings. The second-order valence-corrected chi connectivity index (χ2v) is 7.46. The number of hydrogen-bond donors (Lipinski definition) is 3. The lowest BCUT2D eigenvalue weighted by Crippen LogP contribution is -2.66. The fourth-order valence-electron chi connectivity index (χ4n) is 2.80. The normalized spacial score (nSPS) is 14.5. The number of carbonyl (C=O) groups is 1. The lowest BCUT2D eigenvalue weighted by molar-refractivity contribution is -0.134. The van der Waals surface area contributed by atoms with E-state index in [-0.39, 0.29) is 5.91 Å². The predicted octanol–water partition coefficient (Wildman–Crippen LogP) is 4.25. The Bertz CT molecular complexity index is 313. The van der Waals surface area contributed by atoms with Crippen LogP contribution in [0.1, 0.15) is 105 Å². The summed E-state index contributed by atoms with van der Waals surface area (Å²) in [7, 11) is 0. The van der Waals surface area contributed by atoms with Crippen molar-refractivity contribution in [3.05, 3.63) is 0 Å². The maximum Gasteiger partial charge on any atom is 0.222 e. The molecule has 0 aromatic heterocycles. The monoisotopic (exact) mass is 328 g/mol. The summed E-state index contributed by atoms with van der Waals surface area (Å²) in [5, 5.41) is 13.4. The molecule has 0 spiro atoms. The molecule has 1 unspecified atom stereocenters. The van der Waals surface area contributed by atoms with Crippen molar-refractivity contribution in [3.8, 4) is 0 Å². The quantitative estimate of drug-likeness (QED) is 0.329. The maximum absolute atomic E-state index is 12.1. The van der Waals surface area contributed by atoms with Crippen LogP contribution in [0.2, 0.25) is 0 Å². The minimum atomic E-state index is -1.32. The van der Waals surface area contributed by atoms with Crippen molar-refractivity contribution in [2.24, 2.45) is 5.73 Å². The summed E-state index contributed by atoms with van der Waals surface area (Å²) in [6.45, 7) is 7.71. The van der Waals surface area contributed by atoms with Crippen molar-refractivity contribution in [3.63, 3.8) is 0 Å². The van der Waals surface area contributed by atoms with Gasteiger partial charge in [0, 0.05) is 6.42 Å². The van der Waals surface area contributed by atoms with Crippen molar-refractivity contribution < 1.29 is 9.90 Å². The SMILES string of the molecule is CCCCCCCCCCCC(=O)NC(O)(CCC)C(C)(C)N. The number of nitrogens with one attached hydrogen (secondary N) is 1. The van der Waals surface area contributed by atoms with Crippen molar-refractivity contribution in [2.45, 2.75) is 116 Å². The molecule has 0 aromatic carbocycles. The Morgan fingerprint density at radius 1 is 0.913 bits per heavy atom. The number of rotatable bonds is 14. The number of hydrogen-bond acceptors (Lipinski definition) is 3. The number of aliphatic hydroxyl groups is 1. The second-order valence-electron chi connectivity index (χ2n) is 7.46. The Balaban J connectivity index is 3.85. The average Bonchev–Trinajstić information content (AvgIpc) is 2.44. The molecule has 4 heteroatoms. The molecule has 23 heavy (non-hydrogen) atoms. The van der Waals surface area contributed by atoms with E-state index >= 15 is 0 Å². The van der Waals surface area contributed by atoms with Crippen LogP contribution in [-0.2, 0) is 4.79 Å². The van der Waals surface area contributed by atoms with Gasteiger partial charge in [0.05, 0.1) is 5.54 Å². The maximum atomic E-state index is 12.1. The van der Waals surface area contributed by atoms with E-state index in [0.717, 1.165) is 19.3 Å². The first-order valence-corrected chi connectivity index (χ1v) is 9.59. The standard InChI is InChI=1S/C19H40N2O2/c1-5-7-8-9-10-11-12-13-14-15-17(22)21-19(23,16-6-2)18(3,4)20/h23H,5-16,20H2,1-4H3,(H,21,22). The number of amides is 1. The van der Waals surface area contributed by atoms with E-state index in [1.54, 1.807) is 13.8 Å². The van der Waals surface area contributed by atoms with Gasteiger partial charge in [-0.05, 0) is 26.7 Å². The third-order valence-electron chi connectivity index (χ3n) is 4.53. The molecule has 0 radical (unpaired) electrons. The highest BCUT2D eigenvalue weighted by molar-refractivity contribution is 5.76. The molecule has 1 atom stereocenters. The topological polar surface area (TPSA) is 75.3 Å². The third-order valence-corrected chi connectivity index (χ3v) is 4.53. The van der Waals surface area contributed by atoms with Gasteiger partial charge in [0.2, 0.25) is 5.91 Å². The molecular formula is C19H40N2O2. The van der Waals surface area contributed by atoms with Crippen LogP contribution in [-0.4, -0.2) is 22.3 Å². The van der Waals surface area contributed by atoms with E-state index in [1.165, 1.54) is 44.9 Å². The lowest BCUT2D eigenvalue weighted by atomic mass is 9.87. The van der Waals surface area contributed by atoms with E-state index in [9.17, 15) is 9.90 Å². The van der Waals surface area contributed by atoms with Gasteiger partial charge in [0.1, 0.15) is 0 Å². The average molecular weight is 329 g/mol. The summed E-state index contributed by atoms with van der Waals surface area (Å²) in [6.07, 6.45) is 12.8. The number of nitrogens with two attached hydrogens (primary N) is 1. The highest BCUT2D eigenvalue weighted by Gasteiger charge is 2.40. The van der Waals surface area contributed by atoms with Crippen molar-refractivity contribution in [2.75, 3.05) is 0 Å². The Labute approximate surface area is 143 Å². The van der Waals surface area contributed by atoms with Gasteiger partial charge < -0.3 is 16.2 Å². The summed E-state index contributed by atoms with van der Waals surface area (Å²) in [5.41, 5.74) is 3.86. The van der Waals surface area contributed by atoms with Crippen LogP contribution in [0.5, 0.6) is 0 Å². The highest BCUT2D eigenvalue weighted by Crippen LogP contribution is 2.22. The molecule has 0 bridgehead atoms. The first-order chi connectivity index (χ1) is 10.8. The van der Waals surface area contributed by atoms with E-state index in [1.807, 2.05) is 6.92 Å². The summed E-state index contributed by atoms with van der Waals surface area (Å²) < 4.78 is 0. The molecule has 0 aliphatic heterocycles. The molecule has 0 saturated carbocycles. The van der Waals surface area contributed by atoms with Crippen LogP contribution in [0.15, 0.2) is 0 Å². The molecule has 1 amide bonds. The molecule has 138 valence electrons. The fourth-order valence-corrected chi connectivity index (χ4v) is 2.80. The summed E-state index contributed by atoms with van der Waals surface area (Å²) in [4.78, 5) is 12.1. The minimum absolute atomic E-state index is 0.0950. The highest BCUT2D eigenvalue weighted by atomic mass is 16.3. The Kier molecular flexibility index (Phi) is 11.5. The smallest absolute Gasteiger partial charge is 0.222 e. The minimum Gasteiger partial charge on any atom is -0.369 e. The Morgan fingerprint density at radius 3 is 1.83 bits per heavy atom. The van der Waals surface area contributed by atoms with E-state index in [4.69, 9.17) is 5.73 Å². The largest absolute Gasteiger partial charge is 0.369 e. The van der Waals surface area contributed by atoms with Gasteiger partial charge in [0.15, 0.2) is 5.72 Å². The summed E-state index contributed by atoms with van der Waals surface area (Å²) in [5.74, 6) is -0.0950. The van der Waals surface area contributed by atoms with Crippen LogP contribution in [0.25, 0.3) is 0 Å². The molecule has 4 nitrogen and oxygen atoms in total. The van der Waals surface area contributed by atoms with Crippen LogP contribution in [0.3, 0.4) is 0 Å². The van der Waals surface area contributed by atoms with Gasteiger partial charge in [-0.25, -0.2) is 0 Å². The molecule has 0 fully saturated rings. The fraction of sp³-hybridized carbons (Fsp3) is 0.947. The van der Waals surface area contributed by atoms with Crippen molar-refractivity contribution >= 4 is 5.91 Å². The van der Waals surface area contributed by atoms with Crippen LogP contribution >= 0.6 is 0 Å². The predicted molar refractivity (Wildman–Crippen MR) is 98.1 cm³/mol. The zero-order chi connectivity index (χ0) is 17.8. The molecule has 0 heterocycles. The Hall–Kier alpha value is -0.610. The lowest BCUT2D eigenvalue weighted by Gasteiger charge is -2.40. The van der Waals surface area contributed by atoms with Crippen LogP contribution < -0.4 is 11.1 Å². The first kappa shape index (κ1) is 22.4. The van der Waals surface area contributed by atoms with E-state index < -0.39 is 11.3 Å². The van der Waals surface area contributed by atoms with Gasteiger partial charge in [0.25, 0.3) is 0 Å². The van der Waals surface area contributed by atoms with Crippen molar-refractivity contribution in [1.82, 2.24) is 5.32 Å². The zero-order valence-electron chi connectivity index (χ0n) is 15.9. The summed E-state index contributed by atoms with van der Waals surface area (Å²) in [6, 6.07) is 0. The van der Waals surface area contributed by atoms with Crippen molar-refractivity contribution in [1.29, 1.82) is 0 Å². The third kappa shape index (κ3) is 9.98. The molecular weight excluding hydrogens is 288 g/mol.